The Hall–Kier alpha value is -1.95. The molecule has 0 aliphatic rings. The Morgan fingerprint density at radius 1 is 1.30 bits per heavy atom. The number of rotatable bonds is 5. The van der Waals surface area contributed by atoms with Crippen LogP contribution in [0.25, 0.3) is 0 Å². The van der Waals surface area contributed by atoms with Crippen molar-refractivity contribution in [3.8, 4) is 0 Å². The molecular formula is C14H15BrN4O. The van der Waals surface area contributed by atoms with Crippen LogP contribution in [0.1, 0.15) is 6.92 Å². The van der Waals surface area contributed by atoms with E-state index in [0.717, 1.165) is 16.0 Å². The van der Waals surface area contributed by atoms with Crippen molar-refractivity contribution in [2.24, 2.45) is 0 Å². The number of ketones is 1. The molecule has 0 unspecified atom stereocenters. The molecule has 0 aliphatic heterocycles. The Balaban J connectivity index is 2.17. The summed E-state index contributed by atoms with van der Waals surface area (Å²) in [6, 6.07) is 9.75. The molecule has 0 bridgehead atoms. The van der Waals surface area contributed by atoms with E-state index in [2.05, 4.69) is 31.2 Å². The van der Waals surface area contributed by atoms with Gasteiger partial charge in [0.2, 0.25) is 0 Å². The molecule has 0 atom stereocenters. The predicted molar refractivity (Wildman–Crippen MR) is 83.4 cm³/mol. The van der Waals surface area contributed by atoms with Gasteiger partial charge >= 0.3 is 0 Å². The second-order valence-electron chi connectivity index (χ2n) is 4.35. The van der Waals surface area contributed by atoms with Gasteiger partial charge in [0, 0.05) is 23.3 Å². The van der Waals surface area contributed by atoms with Crippen molar-refractivity contribution in [3.63, 3.8) is 0 Å². The Kier molecular flexibility index (Phi) is 4.68. The molecule has 2 rings (SSSR count). The highest BCUT2D eigenvalue weighted by Gasteiger charge is 2.07. The van der Waals surface area contributed by atoms with Gasteiger partial charge < -0.3 is 10.2 Å². The number of hydrogen-bond acceptors (Lipinski definition) is 5. The predicted octanol–water partition coefficient (Wildman–Crippen LogP) is 3.01. The first-order valence-corrected chi connectivity index (χ1v) is 6.90. The number of benzene rings is 1. The third-order valence-corrected chi connectivity index (χ3v) is 3.26. The molecule has 2 aromatic rings. The number of nitrogens with one attached hydrogen (secondary N) is 1. The number of nitrogens with zero attached hydrogens (tertiary/aromatic N) is 3. The zero-order chi connectivity index (χ0) is 14.5. The summed E-state index contributed by atoms with van der Waals surface area (Å²) in [5.41, 5.74) is 1.02. The molecule has 1 heterocycles. The average molecular weight is 335 g/mol. The summed E-state index contributed by atoms with van der Waals surface area (Å²) in [6.07, 6.45) is 1.48. The van der Waals surface area contributed by atoms with E-state index in [0.29, 0.717) is 5.82 Å². The van der Waals surface area contributed by atoms with Crippen molar-refractivity contribution in [3.05, 3.63) is 41.1 Å². The van der Waals surface area contributed by atoms with Gasteiger partial charge in [0.05, 0.1) is 6.54 Å². The highest BCUT2D eigenvalue weighted by atomic mass is 79.9. The number of carbonyl (C=O) groups is 1. The maximum atomic E-state index is 11.0. The van der Waals surface area contributed by atoms with Crippen molar-refractivity contribution in [2.75, 3.05) is 23.8 Å². The van der Waals surface area contributed by atoms with Crippen LogP contribution in [0.2, 0.25) is 0 Å². The fourth-order valence-electron chi connectivity index (χ4n) is 1.64. The van der Waals surface area contributed by atoms with E-state index >= 15 is 0 Å². The average Bonchev–Trinajstić information content (AvgIpc) is 2.45. The second-order valence-corrected chi connectivity index (χ2v) is 5.27. The maximum absolute atomic E-state index is 11.0. The van der Waals surface area contributed by atoms with Crippen LogP contribution in [-0.4, -0.2) is 29.3 Å². The molecule has 20 heavy (non-hydrogen) atoms. The van der Waals surface area contributed by atoms with Crippen LogP contribution in [0.4, 0.5) is 17.3 Å². The van der Waals surface area contributed by atoms with Crippen molar-refractivity contribution < 1.29 is 4.79 Å². The zero-order valence-corrected chi connectivity index (χ0v) is 12.9. The number of aromatic nitrogens is 2. The monoisotopic (exact) mass is 334 g/mol. The normalized spacial score (nSPS) is 10.2. The van der Waals surface area contributed by atoms with E-state index < -0.39 is 0 Å². The molecule has 104 valence electrons. The van der Waals surface area contributed by atoms with Crippen LogP contribution in [0, 0.1) is 0 Å². The van der Waals surface area contributed by atoms with Crippen LogP contribution in [0.5, 0.6) is 0 Å². The molecule has 0 aliphatic carbocycles. The molecule has 0 amide bonds. The summed E-state index contributed by atoms with van der Waals surface area (Å²) in [5.74, 6) is 1.45. The van der Waals surface area contributed by atoms with Crippen LogP contribution < -0.4 is 10.2 Å². The van der Waals surface area contributed by atoms with Crippen LogP contribution >= 0.6 is 15.9 Å². The quantitative estimate of drug-likeness (QED) is 0.910. The fourth-order valence-corrected chi connectivity index (χ4v) is 1.90. The van der Waals surface area contributed by atoms with Gasteiger partial charge in [-0.2, -0.15) is 0 Å². The van der Waals surface area contributed by atoms with Crippen molar-refractivity contribution in [1.29, 1.82) is 0 Å². The number of anilines is 3. The third-order valence-electron chi connectivity index (χ3n) is 2.73. The van der Waals surface area contributed by atoms with Crippen molar-refractivity contribution >= 4 is 39.0 Å². The first kappa shape index (κ1) is 14.5. The lowest BCUT2D eigenvalue weighted by atomic mass is 10.3. The minimum Gasteiger partial charge on any atom is -0.363 e. The first-order chi connectivity index (χ1) is 9.56. The smallest absolute Gasteiger partial charge is 0.148 e. The molecule has 1 aromatic carbocycles. The third kappa shape index (κ3) is 3.77. The number of Topliss-reactive ketones (excluding diaryl/α,β-unsaturated/α-hetero) is 1. The summed E-state index contributed by atoms with van der Waals surface area (Å²) in [7, 11) is 1.93. The lowest BCUT2D eigenvalue weighted by Crippen LogP contribution is -2.14. The first-order valence-electron chi connectivity index (χ1n) is 6.11. The molecule has 1 aromatic heterocycles. The van der Waals surface area contributed by atoms with Crippen molar-refractivity contribution in [2.45, 2.75) is 6.92 Å². The minimum atomic E-state index is 0.0615. The standard InChI is InChI=1S/C14H15BrN4O/c1-10(20)8-16-13-7-14(18-9-17-13)19(2)12-5-3-11(15)4-6-12/h3-7,9H,8H2,1-2H3,(H,16,17,18). The SMILES string of the molecule is CC(=O)CNc1cc(N(C)c2ccc(Br)cc2)ncn1. The number of halogens is 1. The largest absolute Gasteiger partial charge is 0.363 e. The van der Waals surface area contributed by atoms with Crippen LogP contribution in [0.3, 0.4) is 0 Å². The fraction of sp³-hybridized carbons (Fsp3) is 0.214. The summed E-state index contributed by atoms with van der Waals surface area (Å²) in [6.45, 7) is 1.79. The minimum absolute atomic E-state index is 0.0615. The Bertz CT molecular complexity index is 600. The van der Waals surface area contributed by atoms with Gasteiger partial charge in [0.25, 0.3) is 0 Å². The molecule has 6 heteroatoms. The zero-order valence-electron chi connectivity index (χ0n) is 11.3. The van der Waals surface area contributed by atoms with Crippen LogP contribution in [-0.2, 0) is 4.79 Å². The molecule has 0 spiro atoms. The van der Waals surface area contributed by atoms with Gasteiger partial charge in [-0.15, -0.1) is 0 Å². The lowest BCUT2D eigenvalue weighted by molar-refractivity contribution is -0.115. The van der Waals surface area contributed by atoms with Gasteiger partial charge in [-0.25, -0.2) is 9.97 Å². The van der Waals surface area contributed by atoms with Gasteiger partial charge in [-0.05, 0) is 31.2 Å². The van der Waals surface area contributed by atoms with Gasteiger partial charge in [0.1, 0.15) is 23.7 Å². The van der Waals surface area contributed by atoms with E-state index in [1.165, 1.54) is 13.3 Å². The van der Waals surface area contributed by atoms with E-state index in [1.54, 1.807) is 0 Å². The Morgan fingerprint density at radius 2 is 2.00 bits per heavy atom. The van der Waals surface area contributed by atoms with Gasteiger partial charge in [-0.3, -0.25) is 4.79 Å². The topological polar surface area (TPSA) is 58.1 Å². The molecule has 0 fully saturated rings. The highest BCUT2D eigenvalue weighted by molar-refractivity contribution is 9.10. The molecular weight excluding hydrogens is 320 g/mol. The van der Waals surface area contributed by atoms with E-state index in [-0.39, 0.29) is 12.3 Å². The summed E-state index contributed by atoms with van der Waals surface area (Å²) in [4.78, 5) is 21.3. The van der Waals surface area contributed by atoms with Gasteiger partial charge in [0.15, 0.2) is 0 Å². The van der Waals surface area contributed by atoms with E-state index in [1.807, 2.05) is 42.3 Å². The molecule has 0 radical (unpaired) electrons. The summed E-state index contributed by atoms with van der Waals surface area (Å²) < 4.78 is 1.03. The molecule has 0 saturated carbocycles. The highest BCUT2D eigenvalue weighted by Crippen LogP contribution is 2.24. The summed E-state index contributed by atoms with van der Waals surface area (Å²) >= 11 is 3.41. The van der Waals surface area contributed by atoms with Crippen molar-refractivity contribution in [1.82, 2.24) is 9.97 Å². The Labute approximate surface area is 126 Å². The Morgan fingerprint density at radius 3 is 2.65 bits per heavy atom. The molecule has 5 nitrogen and oxygen atoms in total. The maximum Gasteiger partial charge on any atom is 0.148 e. The van der Waals surface area contributed by atoms with E-state index in [4.69, 9.17) is 0 Å². The lowest BCUT2D eigenvalue weighted by Gasteiger charge is -2.18. The molecule has 1 N–H and O–H groups in total. The second kappa shape index (κ2) is 6.47. The van der Waals surface area contributed by atoms with Gasteiger partial charge in [-0.1, -0.05) is 15.9 Å². The number of hydrogen-bond donors (Lipinski definition) is 1. The van der Waals surface area contributed by atoms with Crippen LogP contribution in [0.15, 0.2) is 41.1 Å². The number of carbonyl (C=O) groups excluding carboxylic acids is 1. The molecule has 0 saturated heterocycles. The summed E-state index contributed by atoms with van der Waals surface area (Å²) in [5, 5.41) is 2.97. The van der Waals surface area contributed by atoms with E-state index in [9.17, 15) is 4.79 Å².